The molecule has 2 aromatic carbocycles. The van der Waals surface area contributed by atoms with Gasteiger partial charge in [-0.05, 0) is 41.6 Å². The van der Waals surface area contributed by atoms with Crippen LogP contribution in [0.5, 0.6) is 0 Å². The smallest absolute Gasteiger partial charge is 0.276 e. The first-order valence-electron chi connectivity index (χ1n) is 11.7. The van der Waals surface area contributed by atoms with Crippen molar-refractivity contribution in [3.63, 3.8) is 0 Å². The molecule has 1 aliphatic heterocycles. The van der Waals surface area contributed by atoms with E-state index in [-0.39, 0.29) is 17.7 Å². The Labute approximate surface area is 203 Å². The van der Waals surface area contributed by atoms with Gasteiger partial charge in [0.15, 0.2) is 5.69 Å². The quantitative estimate of drug-likeness (QED) is 0.483. The number of anilines is 1. The van der Waals surface area contributed by atoms with Crippen molar-refractivity contribution in [3.8, 4) is 0 Å². The van der Waals surface area contributed by atoms with Gasteiger partial charge < -0.3 is 15.0 Å². The minimum absolute atomic E-state index is 0.128. The third-order valence-corrected chi connectivity index (χ3v) is 6.26. The number of nitrogens with zero attached hydrogens (tertiary/aromatic N) is 4. The van der Waals surface area contributed by atoms with Gasteiger partial charge in [-0.1, -0.05) is 30.3 Å². The number of rotatable bonds is 5. The van der Waals surface area contributed by atoms with Crippen LogP contribution in [0.2, 0.25) is 0 Å². The summed E-state index contributed by atoms with van der Waals surface area (Å²) in [5, 5.41) is 9.26. The van der Waals surface area contributed by atoms with Gasteiger partial charge in [-0.2, -0.15) is 5.10 Å². The maximum atomic E-state index is 13.6. The second kappa shape index (κ2) is 10.1. The lowest BCUT2D eigenvalue weighted by atomic mass is 9.95. The second-order valence-corrected chi connectivity index (χ2v) is 8.78. The number of para-hydroxylation sites is 1. The standard InChI is InChI=1S/C27H27N5O3/c1-31-12-10-25(30-31)26(33)29-24-8-3-2-7-22(24)27(34)32-13-14-35-18-19(17-32)15-21-6-4-5-20-9-11-28-16-23(20)21/h2-12,16,19H,13-15,17-18H2,1H3,(H,29,33)/t19-/m0/s1. The van der Waals surface area contributed by atoms with Crippen LogP contribution in [0.25, 0.3) is 10.8 Å². The summed E-state index contributed by atoms with van der Waals surface area (Å²) in [7, 11) is 1.75. The van der Waals surface area contributed by atoms with Crippen molar-refractivity contribution in [2.75, 3.05) is 31.6 Å². The highest BCUT2D eigenvalue weighted by Gasteiger charge is 2.26. The summed E-state index contributed by atoms with van der Waals surface area (Å²) in [6.07, 6.45) is 6.18. The van der Waals surface area contributed by atoms with Crippen LogP contribution in [0, 0.1) is 5.92 Å². The second-order valence-electron chi connectivity index (χ2n) is 8.78. The van der Waals surface area contributed by atoms with E-state index in [1.54, 1.807) is 54.5 Å². The number of hydrogen-bond acceptors (Lipinski definition) is 5. The van der Waals surface area contributed by atoms with Crippen LogP contribution in [0.1, 0.15) is 26.4 Å². The molecule has 2 aromatic heterocycles. The average Bonchev–Trinajstić information content (AvgIpc) is 3.18. The molecule has 1 fully saturated rings. The summed E-state index contributed by atoms with van der Waals surface area (Å²) in [4.78, 5) is 32.4. The van der Waals surface area contributed by atoms with Gasteiger partial charge in [0.25, 0.3) is 11.8 Å². The number of fused-ring (bicyclic) bond motifs is 1. The average molecular weight is 470 g/mol. The molecule has 35 heavy (non-hydrogen) atoms. The van der Waals surface area contributed by atoms with Crippen LogP contribution in [-0.2, 0) is 18.2 Å². The Hall–Kier alpha value is -4.04. The van der Waals surface area contributed by atoms with Crippen molar-refractivity contribution < 1.29 is 14.3 Å². The first-order valence-corrected chi connectivity index (χ1v) is 11.7. The highest BCUT2D eigenvalue weighted by atomic mass is 16.5. The SMILES string of the molecule is Cn1ccc(C(=O)Nc2ccccc2C(=O)N2CCOC[C@@H](Cc3cccc4ccncc34)C2)n1. The summed E-state index contributed by atoms with van der Waals surface area (Å²) >= 11 is 0. The summed E-state index contributed by atoms with van der Waals surface area (Å²) in [6.45, 7) is 2.12. The predicted molar refractivity (Wildman–Crippen MR) is 133 cm³/mol. The van der Waals surface area contributed by atoms with E-state index in [0.29, 0.717) is 43.2 Å². The molecule has 4 aromatic rings. The molecule has 5 rings (SSSR count). The largest absolute Gasteiger partial charge is 0.379 e. The van der Waals surface area contributed by atoms with Crippen LogP contribution in [0.15, 0.2) is 73.2 Å². The van der Waals surface area contributed by atoms with E-state index in [1.165, 1.54) is 5.56 Å². The maximum Gasteiger partial charge on any atom is 0.276 e. The van der Waals surface area contributed by atoms with E-state index in [4.69, 9.17) is 4.74 Å². The molecule has 2 amide bonds. The maximum absolute atomic E-state index is 13.6. The molecular weight excluding hydrogens is 442 g/mol. The van der Waals surface area contributed by atoms with Crippen LogP contribution in [0.4, 0.5) is 5.69 Å². The molecule has 1 atom stereocenters. The van der Waals surface area contributed by atoms with E-state index in [0.717, 1.165) is 17.2 Å². The lowest BCUT2D eigenvalue weighted by molar-refractivity contribution is 0.0738. The van der Waals surface area contributed by atoms with Crippen LogP contribution >= 0.6 is 0 Å². The van der Waals surface area contributed by atoms with Gasteiger partial charge in [-0.15, -0.1) is 0 Å². The van der Waals surface area contributed by atoms with Gasteiger partial charge in [0.1, 0.15) is 0 Å². The Morgan fingerprint density at radius 1 is 1.11 bits per heavy atom. The van der Waals surface area contributed by atoms with Gasteiger partial charge in [-0.25, -0.2) is 0 Å². The fourth-order valence-corrected chi connectivity index (χ4v) is 4.53. The fourth-order valence-electron chi connectivity index (χ4n) is 4.53. The number of pyridine rings is 1. The van der Waals surface area contributed by atoms with Gasteiger partial charge in [0.2, 0.25) is 0 Å². The number of carbonyl (C=O) groups excluding carboxylic acids is 2. The van der Waals surface area contributed by atoms with E-state index in [9.17, 15) is 9.59 Å². The molecule has 178 valence electrons. The van der Waals surface area contributed by atoms with Crippen LogP contribution < -0.4 is 5.32 Å². The Bertz CT molecular complexity index is 1360. The molecule has 0 bridgehead atoms. The zero-order valence-electron chi connectivity index (χ0n) is 19.6. The number of benzene rings is 2. The normalized spacial score (nSPS) is 16.1. The van der Waals surface area contributed by atoms with E-state index in [2.05, 4.69) is 33.6 Å². The highest BCUT2D eigenvalue weighted by Crippen LogP contribution is 2.24. The number of aromatic nitrogens is 3. The zero-order chi connectivity index (χ0) is 24.2. The van der Waals surface area contributed by atoms with E-state index in [1.807, 2.05) is 17.2 Å². The lowest BCUT2D eigenvalue weighted by Crippen LogP contribution is -2.37. The molecule has 0 saturated carbocycles. The predicted octanol–water partition coefficient (Wildman–Crippen LogP) is 3.55. The molecule has 0 unspecified atom stereocenters. The summed E-state index contributed by atoms with van der Waals surface area (Å²) < 4.78 is 7.44. The van der Waals surface area contributed by atoms with Gasteiger partial charge >= 0.3 is 0 Å². The van der Waals surface area contributed by atoms with Crippen molar-refractivity contribution in [1.82, 2.24) is 19.7 Å². The van der Waals surface area contributed by atoms with Crippen molar-refractivity contribution in [1.29, 1.82) is 0 Å². The minimum Gasteiger partial charge on any atom is -0.379 e. The van der Waals surface area contributed by atoms with Gasteiger partial charge in [0, 0.05) is 50.0 Å². The van der Waals surface area contributed by atoms with Crippen molar-refractivity contribution >= 4 is 28.3 Å². The Balaban J connectivity index is 1.34. The first kappa shape index (κ1) is 22.7. The van der Waals surface area contributed by atoms with Crippen molar-refractivity contribution in [2.45, 2.75) is 6.42 Å². The topological polar surface area (TPSA) is 89.4 Å². The van der Waals surface area contributed by atoms with Crippen LogP contribution in [0.3, 0.4) is 0 Å². The number of nitrogens with one attached hydrogen (secondary N) is 1. The molecule has 8 nitrogen and oxygen atoms in total. The number of carbonyl (C=O) groups is 2. The van der Waals surface area contributed by atoms with E-state index >= 15 is 0 Å². The first-order chi connectivity index (χ1) is 17.1. The lowest BCUT2D eigenvalue weighted by Gasteiger charge is -2.25. The number of amides is 2. The zero-order valence-corrected chi connectivity index (χ0v) is 19.6. The monoisotopic (exact) mass is 469 g/mol. The number of hydrogen-bond donors (Lipinski definition) is 1. The Morgan fingerprint density at radius 2 is 2.00 bits per heavy atom. The number of aryl methyl sites for hydroxylation is 1. The number of ether oxygens (including phenoxy) is 1. The minimum atomic E-state index is -0.354. The highest BCUT2D eigenvalue weighted by molar-refractivity contribution is 6.08. The summed E-state index contributed by atoms with van der Waals surface area (Å²) in [6, 6.07) is 17.0. The van der Waals surface area contributed by atoms with Crippen molar-refractivity contribution in [3.05, 3.63) is 90.0 Å². The third kappa shape index (κ3) is 5.07. The fraction of sp³-hybridized carbons (Fsp3) is 0.259. The molecule has 1 saturated heterocycles. The molecule has 0 spiro atoms. The van der Waals surface area contributed by atoms with E-state index < -0.39 is 0 Å². The molecule has 3 heterocycles. The summed E-state index contributed by atoms with van der Waals surface area (Å²) in [5.74, 6) is -0.341. The molecule has 1 aliphatic rings. The molecule has 0 radical (unpaired) electrons. The van der Waals surface area contributed by atoms with Crippen molar-refractivity contribution in [2.24, 2.45) is 13.0 Å². The summed E-state index contributed by atoms with van der Waals surface area (Å²) in [5.41, 5.74) is 2.41. The Morgan fingerprint density at radius 3 is 2.86 bits per heavy atom. The molecule has 1 N–H and O–H groups in total. The van der Waals surface area contributed by atoms with Gasteiger partial charge in [0.05, 0.1) is 24.5 Å². The van der Waals surface area contributed by atoms with Crippen LogP contribution in [-0.4, -0.2) is 57.8 Å². The molecule has 8 heteroatoms. The molecule has 0 aliphatic carbocycles. The van der Waals surface area contributed by atoms with Gasteiger partial charge in [-0.3, -0.25) is 19.3 Å². The third-order valence-electron chi connectivity index (χ3n) is 6.26. The molecular formula is C27H27N5O3. The Kier molecular flexibility index (Phi) is 6.54.